The summed E-state index contributed by atoms with van der Waals surface area (Å²) in [7, 11) is 1.78. The first-order valence-corrected chi connectivity index (χ1v) is 6.23. The molecule has 0 N–H and O–H groups in total. The highest BCUT2D eigenvalue weighted by atomic mass is 16.2. The van der Waals surface area contributed by atoms with Gasteiger partial charge in [-0.05, 0) is 18.6 Å². The molecule has 0 radical (unpaired) electrons. The van der Waals surface area contributed by atoms with Crippen molar-refractivity contribution in [3.8, 4) is 6.07 Å². The van der Waals surface area contributed by atoms with Crippen LogP contribution in [0.4, 0.5) is 0 Å². The third-order valence-corrected chi connectivity index (χ3v) is 2.85. The van der Waals surface area contributed by atoms with Crippen molar-refractivity contribution < 1.29 is 4.79 Å². The number of aromatic nitrogens is 1. The van der Waals surface area contributed by atoms with Crippen LogP contribution in [0.3, 0.4) is 0 Å². The van der Waals surface area contributed by atoms with Gasteiger partial charge in [-0.3, -0.25) is 9.78 Å². The maximum absolute atomic E-state index is 11.9. The lowest BCUT2D eigenvalue weighted by atomic mass is 10.0. The number of carbonyl (C=O) groups excluding carboxylic acids is 1. The summed E-state index contributed by atoms with van der Waals surface area (Å²) in [6.07, 6.45) is 3.89. The normalized spacial score (nSPS) is 11.6. The van der Waals surface area contributed by atoms with Crippen molar-refractivity contribution in [1.82, 2.24) is 9.88 Å². The zero-order chi connectivity index (χ0) is 13.4. The van der Waals surface area contributed by atoms with E-state index in [9.17, 15) is 4.79 Å². The van der Waals surface area contributed by atoms with Crippen LogP contribution in [0.25, 0.3) is 0 Å². The minimum absolute atomic E-state index is 0.000605. The van der Waals surface area contributed by atoms with Crippen LogP contribution in [-0.4, -0.2) is 29.4 Å². The monoisotopic (exact) mass is 245 g/mol. The molecule has 0 saturated heterocycles. The largest absolute Gasteiger partial charge is 0.346 e. The SMILES string of the molecule is CCCCN(C)C(=O)CC(C#N)c1ccccn1. The molecule has 1 aromatic heterocycles. The molecule has 96 valence electrons. The van der Waals surface area contributed by atoms with Crippen LogP contribution >= 0.6 is 0 Å². The first-order chi connectivity index (χ1) is 8.69. The molecular weight excluding hydrogens is 226 g/mol. The molecule has 1 rings (SSSR count). The average Bonchev–Trinajstić information content (AvgIpc) is 2.42. The van der Waals surface area contributed by atoms with Crippen LogP contribution in [0.2, 0.25) is 0 Å². The number of nitriles is 1. The zero-order valence-electron chi connectivity index (χ0n) is 11.0. The Balaban J connectivity index is 2.59. The van der Waals surface area contributed by atoms with E-state index >= 15 is 0 Å². The van der Waals surface area contributed by atoms with Gasteiger partial charge in [0.25, 0.3) is 0 Å². The van der Waals surface area contributed by atoms with Crippen molar-refractivity contribution in [2.45, 2.75) is 32.1 Å². The summed E-state index contributed by atoms with van der Waals surface area (Å²) in [5.74, 6) is -0.455. The molecule has 1 aromatic rings. The molecule has 0 aliphatic carbocycles. The van der Waals surface area contributed by atoms with Crippen molar-refractivity contribution in [2.24, 2.45) is 0 Å². The van der Waals surface area contributed by atoms with Crippen LogP contribution in [0.5, 0.6) is 0 Å². The molecule has 0 aromatic carbocycles. The lowest BCUT2D eigenvalue weighted by Gasteiger charge is -2.18. The molecule has 18 heavy (non-hydrogen) atoms. The van der Waals surface area contributed by atoms with Crippen molar-refractivity contribution >= 4 is 5.91 Å². The summed E-state index contributed by atoms with van der Waals surface area (Å²) >= 11 is 0. The number of amides is 1. The number of hydrogen-bond acceptors (Lipinski definition) is 3. The number of carbonyl (C=O) groups is 1. The highest BCUT2D eigenvalue weighted by molar-refractivity contribution is 5.77. The molecule has 1 amide bonds. The second kappa shape index (κ2) is 7.44. The van der Waals surface area contributed by atoms with Crippen LogP contribution in [0, 0.1) is 11.3 Å². The van der Waals surface area contributed by atoms with Gasteiger partial charge in [0.15, 0.2) is 0 Å². The standard InChI is InChI=1S/C14H19N3O/c1-3-4-9-17(2)14(18)10-12(11-15)13-7-5-6-8-16-13/h5-8,12H,3-4,9-10H2,1-2H3. The zero-order valence-corrected chi connectivity index (χ0v) is 11.0. The van der Waals surface area contributed by atoms with Gasteiger partial charge in [-0.2, -0.15) is 5.26 Å². The molecule has 0 bridgehead atoms. The van der Waals surface area contributed by atoms with Crippen LogP contribution < -0.4 is 0 Å². The van der Waals surface area contributed by atoms with Crippen LogP contribution in [0.1, 0.15) is 37.8 Å². The van der Waals surface area contributed by atoms with E-state index in [0.717, 1.165) is 19.4 Å². The molecule has 4 heteroatoms. The van der Waals surface area contributed by atoms with Gasteiger partial charge in [-0.1, -0.05) is 19.4 Å². The van der Waals surface area contributed by atoms with Crippen molar-refractivity contribution in [1.29, 1.82) is 5.26 Å². The van der Waals surface area contributed by atoms with E-state index in [1.807, 2.05) is 6.07 Å². The van der Waals surface area contributed by atoms with E-state index < -0.39 is 5.92 Å². The number of hydrogen-bond donors (Lipinski definition) is 0. The van der Waals surface area contributed by atoms with Gasteiger partial charge in [0.05, 0.1) is 17.7 Å². The number of rotatable bonds is 6. The number of nitrogens with zero attached hydrogens (tertiary/aromatic N) is 3. The summed E-state index contributed by atoms with van der Waals surface area (Å²) in [5, 5.41) is 9.13. The topological polar surface area (TPSA) is 57.0 Å². The second-order valence-corrected chi connectivity index (χ2v) is 4.31. The minimum Gasteiger partial charge on any atom is -0.346 e. The Bertz CT molecular complexity index is 411. The fraction of sp³-hybridized carbons (Fsp3) is 0.500. The van der Waals surface area contributed by atoms with Gasteiger partial charge in [0.1, 0.15) is 0 Å². The van der Waals surface area contributed by atoms with E-state index in [1.54, 1.807) is 30.3 Å². The predicted molar refractivity (Wildman–Crippen MR) is 69.8 cm³/mol. The second-order valence-electron chi connectivity index (χ2n) is 4.31. The Hall–Kier alpha value is -1.89. The molecule has 1 unspecified atom stereocenters. The molecule has 0 aliphatic heterocycles. The molecule has 0 spiro atoms. The lowest BCUT2D eigenvalue weighted by Crippen LogP contribution is -2.28. The molecular formula is C14H19N3O. The summed E-state index contributed by atoms with van der Waals surface area (Å²) in [6, 6.07) is 7.57. The summed E-state index contributed by atoms with van der Waals surface area (Å²) < 4.78 is 0. The summed E-state index contributed by atoms with van der Waals surface area (Å²) in [4.78, 5) is 17.8. The summed E-state index contributed by atoms with van der Waals surface area (Å²) in [6.45, 7) is 2.83. The van der Waals surface area contributed by atoms with Gasteiger partial charge in [0.2, 0.25) is 5.91 Å². The molecule has 1 atom stereocenters. The van der Waals surface area contributed by atoms with E-state index in [1.165, 1.54) is 0 Å². The van der Waals surface area contributed by atoms with Crippen LogP contribution in [-0.2, 0) is 4.79 Å². The van der Waals surface area contributed by atoms with E-state index in [4.69, 9.17) is 5.26 Å². The Morgan fingerprint density at radius 3 is 2.89 bits per heavy atom. The highest BCUT2D eigenvalue weighted by Crippen LogP contribution is 2.17. The van der Waals surface area contributed by atoms with Crippen LogP contribution in [0.15, 0.2) is 24.4 Å². The third-order valence-electron chi connectivity index (χ3n) is 2.85. The first-order valence-electron chi connectivity index (χ1n) is 6.23. The minimum atomic E-state index is -0.456. The smallest absolute Gasteiger partial charge is 0.224 e. The molecule has 1 heterocycles. The molecule has 0 fully saturated rings. The first kappa shape index (κ1) is 14.2. The molecule has 0 saturated carbocycles. The predicted octanol–water partition coefficient (Wildman–Crippen LogP) is 2.34. The van der Waals surface area contributed by atoms with Gasteiger partial charge in [0, 0.05) is 26.2 Å². The molecule has 0 aliphatic rings. The lowest BCUT2D eigenvalue weighted by molar-refractivity contribution is -0.130. The Morgan fingerprint density at radius 1 is 1.56 bits per heavy atom. The molecule has 4 nitrogen and oxygen atoms in total. The van der Waals surface area contributed by atoms with E-state index in [2.05, 4.69) is 18.0 Å². The Kier molecular flexibility index (Phi) is 5.86. The number of unbranched alkanes of at least 4 members (excludes halogenated alkanes) is 1. The van der Waals surface area contributed by atoms with Crippen molar-refractivity contribution in [2.75, 3.05) is 13.6 Å². The van der Waals surface area contributed by atoms with E-state index in [0.29, 0.717) is 5.69 Å². The third kappa shape index (κ3) is 4.17. The van der Waals surface area contributed by atoms with E-state index in [-0.39, 0.29) is 12.3 Å². The highest BCUT2D eigenvalue weighted by Gasteiger charge is 2.18. The van der Waals surface area contributed by atoms with Gasteiger partial charge < -0.3 is 4.90 Å². The maximum Gasteiger partial charge on any atom is 0.224 e. The van der Waals surface area contributed by atoms with Gasteiger partial charge in [-0.25, -0.2) is 0 Å². The van der Waals surface area contributed by atoms with Crippen molar-refractivity contribution in [3.05, 3.63) is 30.1 Å². The maximum atomic E-state index is 11.9. The van der Waals surface area contributed by atoms with Gasteiger partial charge >= 0.3 is 0 Å². The fourth-order valence-electron chi connectivity index (χ4n) is 1.65. The Morgan fingerprint density at radius 2 is 2.33 bits per heavy atom. The quantitative estimate of drug-likeness (QED) is 0.773. The Labute approximate surface area is 108 Å². The van der Waals surface area contributed by atoms with Crippen molar-refractivity contribution in [3.63, 3.8) is 0 Å². The average molecular weight is 245 g/mol. The fourth-order valence-corrected chi connectivity index (χ4v) is 1.65. The number of pyridine rings is 1. The van der Waals surface area contributed by atoms with Gasteiger partial charge in [-0.15, -0.1) is 0 Å². The summed E-state index contributed by atoms with van der Waals surface area (Å²) in [5.41, 5.74) is 0.664.